The highest BCUT2D eigenvalue weighted by molar-refractivity contribution is 6.34. The Bertz CT molecular complexity index is 575. The monoisotopic (exact) mass is 265 g/mol. The summed E-state index contributed by atoms with van der Waals surface area (Å²) in [5.41, 5.74) is 0.225. The zero-order valence-electron chi connectivity index (χ0n) is 8.39. The third-order valence-electron chi connectivity index (χ3n) is 1.79. The Balaban J connectivity index is 2.28. The number of nitrogens with zero attached hydrogens (tertiary/aromatic N) is 3. The smallest absolute Gasteiger partial charge is 0.323 e. The normalized spacial score (nSPS) is 9.71. The van der Waals surface area contributed by atoms with E-state index in [2.05, 4.69) is 9.97 Å². The molecule has 0 saturated heterocycles. The van der Waals surface area contributed by atoms with Crippen molar-refractivity contribution in [1.29, 1.82) is 5.26 Å². The van der Waals surface area contributed by atoms with E-state index in [1.807, 2.05) is 6.07 Å². The van der Waals surface area contributed by atoms with E-state index in [-0.39, 0.29) is 11.7 Å². The summed E-state index contributed by atoms with van der Waals surface area (Å²) >= 11 is 11.6. The van der Waals surface area contributed by atoms with Crippen LogP contribution >= 0.6 is 23.2 Å². The van der Waals surface area contributed by atoms with Crippen LogP contribution in [0, 0.1) is 11.3 Å². The Morgan fingerprint density at radius 3 is 2.53 bits per heavy atom. The van der Waals surface area contributed by atoms with Crippen LogP contribution in [-0.4, -0.2) is 9.97 Å². The second-order valence-electron chi connectivity index (χ2n) is 3.04. The molecule has 2 aromatic rings. The number of nitriles is 1. The first-order valence-corrected chi connectivity index (χ1v) is 5.30. The number of benzene rings is 1. The molecule has 0 aliphatic heterocycles. The van der Waals surface area contributed by atoms with Gasteiger partial charge in [-0.05, 0) is 24.3 Å². The maximum Gasteiger partial charge on any atom is 0.323 e. The predicted octanol–water partition coefficient (Wildman–Crippen LogP) is 3.45. The molecule has 6 heteroatoms. The average molecular weight is 266 g/mol. The maximum atomic E-state index is 8.68. The molecule has 2 rings (SSSR count). The van der Waals surface area contributed by atoms with Crippen LogP contribution in [0.4, 0.5) is 0 Å². The fourth-order valence-corrected chi connectivity index (χ4v) is 1.65. The van der Waals surface area contributed by atoms with E-state index < -0.39 is 0 Å². The molecule has 1 aromatic carbocycles. The highest BCUT2D eigenvalue weighted by Crippen LogP contribution is 2.26. The SMILES string of the molecule is N#Cc1ccnc(Oc2cc(Cl)cc(Cl)c2)n1. The second-order valence-corrected chi connectivity index (χ2v) is 3.92. The maximum absolute atomic E-state index is 8.68. The van der Waals surface area contributed by atoms with Crippen LogP contribution in [0.3, 0.4) is 0 Å². The summed E-state index contributed by atoms with van der Waals surface area (Å²) in [4.78, 5) is 7.74. The third kappa shape index (κ3) is 3.06. The van der Waals surface area contributed by atoms with E-state index in [9.17, 15) is 0 Å². The molecule has 1 heterocycles. The van der Waals surface area contributed by atoms with Crippen LogP contribution in [0.2, 0.25) is 10.0 Å². The summed E-state index contributed by atoms with van der Waals surface area (Å²) in [5.74, 6) is 0.414. The summed E-state index contributed by atoms with van der Waals surface area (Å²) in [6.45, 7) is 0. The molecule has 84 valence electrons. The van der Waals surface area contributed by atoms with Crippen LogP contribution in [0.15, 0.2) is 30.5 Å². The van der Waals surface area contributed by atoms with Crippen LogP contribution in [0.1, 0.15) is 5.69 Å². The molecule has 0 radical (unpaired) electrons. The van der Waals surface area contributed by atoms with Crippen molar-refractivity contribution in [1.82, 2.24) is 9.97 Å². The minimum Gasteiger partial charge on any atom is -0.424 e. The fraction of sp³-hybridized carbons (Fsp3) is 0. The lowest BCUT2D eigenvalue weighted by Gasteiger charge is -2.04. The van der Waals surface area contributed by atoms with Crippen LogP contribution in [0.25, 0.3) is 0 Å². The van der Waals surface area contributed by atoms with Gasteiger partial charge in [-0.15, -0.1) is 0 Å². The molecule has 0 saturated carbocycles. The molecule has 0 amide bonds. The first kappa shape index (κ1) is 11.6. The number of hydrogen-bond donors (Lipinski definition) is 0. The molecule has 0 aliphatic rings. The van der Waals surface area contributed by atoms with E-state index in [4.69, 9.17) is 33.2 Å². The molecule has 0 fully saturated rings. The van der Waals surface area contributed by atoms with Crippen LogP contribution in [-0.2, 0) is 0 Å². The topological polar surface area (TPSA) is 58.8 Å². The van der Waals surface area contributed by atoms with Gasteiger partial charge in [0.1, 0.15) is 17.5 Å². The summed E-state index contributed by atoms with van der Waals surface area (Å²) in [6.07, 6.45) is 1.44. The number of halogens is 2. The van der Waals surface area contributed by atoms with Gasteiger partial charge in [0.25, 0.3) is 0 Å². The van der Waals surface area contributed by atoms with Crippen molar-refractivity contribution in [3.63, 3.8) is 0 Å². The van der Waals surface area contributed by atoms with Gasteiger partial charge in [-0.2, -0.15) is 10.2 Å². The van der Waals surface area contributed by atoms with Gasteiger partial charge in [-0.25, -0.2) is 4.98 Å². The molecular formula is C11H5Cl2N3O. The first-order valence-electron chi connectivity index (χ1n) is 4.54. The lowest BCUT2D eigenvalue weighted by atomic mass is 10.3. The largest absolute Gasteiger partial charge is 0.424 e. The highest BCUT2D eigenvalue weighted by Gasteiger charge is 2.04. The van der Waals surface area contributed by atoms with Crippen molar-refractivity contribution in [2.75, 3.05) is 0 Å². The molecule has 0 N–H and O–H groups in total. The molecule has 0 spiro atoms. The van der Waals surface area contributed by atoms with Gasteiger partial charge < -0.3 is 4.74 Å². The van der Waals surface area contributed by atoms with Gasteiger partial charge >= 0.3 is 6.01 Å². The third-order valence-corrected chi connectivity index (χ3v) is 2.23. The first-order chi connectivity index (χ1) is 8.17. The Morgan fingerprint density at radius 2 is 1.88 bits per heavy atom. The van der Waals surface area contributed by atoms with Crippen molar-refractivity contribution in [2.45, 2.75) is 0 Å². The van der Waals surface area contributed by atoms with Gasteiger partial charge in [0.05, 0.1) is 0 Å². The summed E-state index contributed by atoms with van der Waals surface area (Å²) < 4.78 is 5.34. The van der Waals surface area contributed by atoms with E-state index in [0.717, 1.165) is 0 Å². The second kappa shape index (κ2) is 5.00. The number of ether oxygens (including phenoxy) is 1. The number of rotatable bonds is 2. The van der Waals surface area contributed by atoms with Gasteiger partial charge in [0.15, 0.2) is 0 Å². The van der Waals surface area contributed by atoms with Crippen molar-refractivity contribution in [3.05, 3.63) is 46.2 Å². The number of aromatic nitrogens is 2. The predicted molar refractivity (Wildman–Crippen MR) is 63.3 cm³/mol. The van der Waals surface area contributed by atoms with Gasteiger partial charge in [0.2, 0.25) is 0 Å². The average Bonchev–Trinajstić information content (AvgIpc) is 2.28. The molecule has 4 nitrogen and oxygen atoms in total. The molecule has 0 unspecified atom stereocenters. The van der Waals surface area contributed by atoms with Crippen molar-refractivity contribution < 1.29 is 4.74 Å². The van der Waals surface area contributed by atoms with Gasteiger partial charge in [-0.1, -0.05) is 23.2 Å². The van der Waals surface area contributed by atoms with Crippen LogP contribution in [0.5, 0.6) is 11.8 Å². The molecule has 0 aliphatic carbocycles. The Labute approximate surface area is 107 Å². The standard InChI is InChI=1S/C11H5Cl2N3O/c12-7-3-8(13)5-10(4-7)17-11-15-2-1-9(6-14)16-11/h1-5H. The quantitative estimate of drug-likeness (QED) is 0.835. The van der Waals surface area contributed by atoms with Crippen molar-refractivity contribution in [2.24, 2.45) is 0 Å². The minimum absolute atomic E-state index is 0.0717. The zero-order chi connectivity index (χ0) is 12.3. The van der Waals surface area contributed by atoms with Gasteiger partial charge in [-0.3, -0.25) is 0 Å². The Kier molecular flexibility index (Phi) is 3.43. The molecule has 0 bridgehead atoms. The molecule has 1 aromatic heterocycles. The van der Waals surface area contributed by atoms with Crippen molar-refractivity contribution >= 4 is 23.2 Å². The van der Waals surface area contributed by atoms with Crippen LogP contribution < -0.4 is 4.74 Å². The Morgan fingerprint density at radius 1 is 1.18 bits per heavy atom. The lowest BCUT2D eigenvalue weighted by Crippen LogP contribution is -1.93. The zero-order valence-corrected chi connectivity index (χ0v) is 9.90. The van der Waals surface area contributed by atoms with E-state index in [1.165, 1.54) is 12.3 Å². The summed E-state index contributed by atoms with van der Waals surface area (Å²) in [7, 11) is 0. The highest BCUT2D eigenvalue weighted by atomic mass is 35.5. The minimum atomic E-state index is 0.0717. The molecular weight excluding hydrogens is 261 g/mol. The fourth-order valence-electron chi connectivity index (χ4n) is 1.15. The Hall–Kier alpha value is -1.83. The lowest BCUT2D eigenvalue weighted by molar-refractivity contribution is 0.441. The van der Waals surface area contributed by atoms with E-state index in [0.29, 0.717) is 15.8 Å². The summed E-state index contributed by atoms with van der Waals surface area (Å²) in [5, 5.41) is 9.57. The molecule has 0 atom stereocenters. The van der Waals surface area contributed by atoms with Crippen molar-refractivity contribution in [3.8, 4) is 17.8 Å². The van der Waals surface area contributed by atoms with Gasteiger partial charge in [0, 0.05) is 16.2 Å². The van der Waals surface area contributed by atoms with E-state index >= 15 is 0 Å². The number of hydrogen-bond acceptors (Lipinski definition) is 4. The van der Waals surface area contributed by atoms with E-state index in [1.54, 1.807) is 18.2 Å². The molecule has 17 heavy (non-hydrogen) atoms. The summed E-state index contributed by atoms with van der Waals surface area (Å²) in [6, 6.07) is 8.19.